The quantitative estimate of drug-likeness (QED) is 0.726. The van der Waals surface area contributed by atoms with Crippen LogP contribution in [0.25, 0.3) is 0 Å². The van der Waals surface area contributed by atoms with Crippen LogP contribution >= 0.6 is 0 Å². The highest BCUT2D eigenvalue weighted by Gasteiger charge is 2.19. The molecule has 0 aromatic rings. The summed E-state index contributed by atoms with van der Waals surface area (Å²) in [5, 5.41) is 8.61. The smallest absolute Gasteiger partial charge is 0.319 e. The summed E-state index contributed by atoms with van der Waals surface area (Å²) >= 11 is 0. The Bertz CT molecular complexity index is 265. The van der Waals surface area contributed by atoms with Gasteiger partial charge in [-0.05, 0) is 12.8 Å². The average molecular weight is 258 g/mol. The van der Waals surface area contributed by atoms with Gasteiger partial charge >= 0.3 is 12.0 Å². The molecule has 2 amide bonds. The average Bonchev–Trinajstić information content (AvgIpc) is 2.36. The van der Waals surface area contributed by atoms with Crippen molar-refractivity contribution in [3.63, 3.8) is 0 Å². The zero-order valence-corrected chi connectivity index (χ0v) is 12.0. The van der Waals surface area contributed by atoms with E-state index in [2.05, 4.69) is 13.8 Å². The van der Waals surface area contributed by atoms with Crippen LogP contribution in [0.4, 0.5) is 4.79 Å². The number of rotatable bonds is 8. The van der Waals surface area contributed by atoms with Crippen LogP contribution in [0.1, 0.15) is 40.0 Å². The van der Waals surface area contributed by atoms with Crippen LogP contribution in [0.2, 0.25) is 0 Å². The monoisotopic (exact) mass is 258 g/mol. The number of nitrogens with zero attached hydrogens (tertiary/aromatic N) is 2. The van der Waals surface area contributed by atoms with E-state index in [4.69, 9.17) is 5.11 Å². The van der Waals surface area contributed by atoms with Crippen LogP contribution in [0.15, 0.2) is 0 Å². The van der Waals surface area contributed by atoms with E-state index < -0.39 is 5.97 Å². The van der Waals surface area contributed by atoms with Gasteiger partial charge in [0.2, 0.25) is 0 Å². The number of amides is 2. The first-order valence-corrected chi connectivity index (χ1v) is 6.67. The number of urea groups is 1. The number of hydrogen-bond acceptors (Lipinski definition) is 2. The summed E-state index contributed by atoms with van der Waals surface area (Å²) in [7, 11) is 1.65. The SMILES string of the molecule is CCC(CC)CN(CC)C(=O)N(C)CCC(=O)O. The molecule has 5 heteroatoms. The van der Waals surface area contributed by atoms with Crippen LogP contribution in [-0.4, -0.2) is 53.6 Å². The molecule has 0 radical (unpaired) electrons. The van der Waals surface area contributed by atoms with Gasteiger partial charge in [-0.2, -0.15) is 0 Å². The molecular formula is C13H26N2O3. The van der Waals surface area contributed by atoms with E-state index in [0.717, 1.165) is 19.4 Å². The van der Waals surface area contributed by atoms with Gasteiger partial charge in [-0.25, -0.2) is 4.79 Å². The summed E-state index contributed by atoms with van der Waals surface area (Å²) in [5.41, 5.74) is 0. The third-order valence-corrected chi connectivity index (χ3v) is 3.27. The maximum atomic E-state index is 12.1. The fourth-order valence-electron chi connectivity index (χ4n) is 1.80. The molecule has 0 aromatic carbocycles. The van der Waals surface area contributed by atoms with Gasteiger partial charge in [-0.3, -0.25) is 4.79 Å². The molecule has 0 atom stereocenters. The van der Waals surface area contributed by atoms with Gasteiger partial charge in [0.15, 0.2) is 0 Å². The minimum atomic E-state index is -0.877. The number of carboxylic acids is 1. The van der Waals surface area contributed by atoms with E-state index in [1.807, 2.05) is 6.92 Å². The van der Waals surface area contributed by atoms with Gasteiger partial charge in [0.1, 0.15) is 0 Å². The van der Waals surface area contributed by atoms with Gasteiger partial charge in [-0.1, -0.05) is 26.7 Å². The molecule has 0 aliphatic carbocycles. The van der Waals surface area contributed by atoms with Crippen molar-refractivity contribution in [3.05, 3.63) is 0 Å². The topological polar surface area (TPSA) is 60.9 Å². The highest BCUT2D eigenvalue weighted by Crippen LogP contribution is 2.11. The summed E-state index contributed by atoms with van der Waals surface area (Å²) < 4.78 is 0. The number of hydrogen-bond donors (Lipinski definition) is 1. The third-order valence-electron chi connectivity index (χ3n) is 3.27. The summed E-state index contributed by atoms with van der Waals surface area (Å²) in [6.07, 6.45) is 2.10. The molecule has 5 nitrogen and oxygen atoms in total. The van der Waals surface area contributed by atoms with Crippen molar-refractivity contribution >= 4 is 12.0 Å². The number of carbonyl (C=O) groups is 2. The lowest BCUT2D eigenvalue weighted by Crippen LogP contribution is -2.43. The number of carbonyl (C=O) groups excluding carboxylic acids is 1. The van der Waals surface area contributed by atoms with Crippen molar-refractivity contribution < 1.29 is 14.7 Å². The Morgan fingerprint density at radius 1 is 1.17 bits per heavy atom. The van der Waals surface area contributed by atoms with E-state index in [9.17, 15) is 9.59 Å². The molecule has 0 bridgehead atoms. The molecule has 0 aliphatic rings. The lowest BCUT2D eigenvalue weighted by Gasteiger charge is -2.29. The second kappa shape index (κ2) is 8.78. The molecule has 0 fully saturated rings. The lowest BCUT2D eigenvalue weighted by atomic mass is 10.0. The zero-order chi connectivity index (χ0) is 14.1. The Balaban J connectivity index is 4.36. The maximum Gasteiger partial charge on any atom is 0.319 e. The van der Waals surface area contributed by atoms with Crippen molar-refractivity contribution in [1.82, 2.24) is 9.80 Å². The van der Waals surface area contributed by atoms with Crippen molar-refractivity contribution in [2.24, 2.45) is 5.92 Å². The van der Waals surface area contributed by atoms with E-state index in [1.54, 1.807) is 11.9 Å². The highest BCUT2D eigenvalue weighted by atomic mass is 16.4. The van der Waals surface area contributed by atoms with Gasteiger partial charge in [0.05, 0.1) is 6.42 Å². The van der Waals surface area contributed by atoms with E-state index in [1.165, 1.54) is 4.90 Å². The third kappa shape index (κ3) is 5.89. The van der Waals surface area contributed by atoms with Gasteiger partial charge in [-0.15, -0.1) is 0 Å². The fraction of sp³-hybridized carbons (Fsp3) is 0.846. The summed E-state index contributed by atoms with van der Waals surface area (Å²) in [6, 6.07) is -0.0781. The summed E-state index contributed by atoms with van der Waals surface area (Å²) in [6.45, 7) is 7.87. The molecule has 0 saturated heterocycles. The molecule has 106 valence electrons. The standard InChI is InChI=1S/C13H26N2O3/c1-5-11(6-2)10-15(7-3)13(18)14(4)9-8-12(16)17/h11H,5-10H2,1-4H3,(H,16,17). The second-order valence-electron chi connectivity index (χ2n) is 4.57. The van der Waals surface area contributed by atoms with E-state index in [-0.39, 0.29) is 19.0 Å². The molecule has 0 aromatic heterocycles. The van der Waals surface area contributed by atoms with Crippen LogP contribution < -0.4 is 0 Å². The predicted molar refractivity (Wildman–Crippen MR) is 71.6 cm³/mol. The van der Waals surface area contributed by atoms with E-state index in [0.29, 0.717) is 12.5 Å². The Morgan fingerprint density at radius 2 is 1.72 bits per heavy atom. The fourth-order valence-corrected chi connectivity index (χ4v) is 1.80. The largest absolute Gasteiger partial charge is 0.481 e. The Morgan fingerprint density at radius 3 is 2.11 bits per heavy atom. The molecular weight excluding hydrogens is 232 g/mol. The molecule has 0 unspecified atom stereocenters. The zero-order valence-electron chi connectivity index (χ0n) is 12.0. The minimum absolute atomic E-state index is 0.00915. The van der Waals surface area contributed by atoms with E-state index >= 15 is 0 Å². The maximum absolute atomic E-state index is 12.1. The normalized spacial score (nSPS) is 10.5. The molecule has 0 rings (SSSR count). The Hall–Kier alpha value is -1.26. The molecule has 0 spiro atoms. The highest BCUT2D eigenvalue weighted by molar-refractivity contribution is 5.75. The van der Waals surface area contributed by atoms with Crippen LogP contribution in [0.5, 0.6) is 0 Å². The van der Waals surface area contributed by atoms with Gasteiger partial charge in [0, 0.05) is 26.7 Å². The van der Waals surface area contributed by atoms with Gasteiger partial charge in [0.25, 0.3) is 0 Å². The lowest BCUT2D eigenvalue weighted by molar-refractivity contribution is -0.137. The minimum Gasteiger partial charge on any atom is -0.481 e. The number of aliphatic carboxylic acids is 1. The summed E-state index contributed by atoms with van der Waals surface area (Å²) in [4.78, 5) is 25.9. The first-order chi connectivity index (χ1) is 8.46. The molecule has 0 heterocycles. The predicted octanol–water partition coefficient (Wildman–Crippen LogP) is 2.27. The van der Waals surface area contributed by atoms with Crippen LogP contribution in [-0.2, 0) is 4.79 Å². The van der Waals surface area contributed by atoms with Gasteiger partial charge < -0.3 is 14.9 Å². The first-order valence-electron chi connectivity index (χ1n) is 6.67. The van der Waals surface area contributed by atoms with Crippen molar-refractivity contribution in [2.75, 3.05) is 26.7 Å². The molecule has 0 aliphatic heterocycles. The molecule has 1 N–H and O–H groups in total. The van der Waals surface area contributed by atoms with Crippen molar-refractivity contribution in [3.8, 4) is 0 Å². The Labute approximate surface area is 110 Å². The molecule has 0 saturated carbocycles. The molecule has 18 heavy (non-hydrogen) atoms. The van der Waals surface area contributed by atoms with Crippen molar-refractivity contribution in [1.29, 1.82) is 0 Å². The second-order valence-corrected chi connectivity index (χ2v) is 4.57. The summed E-state index contributed by atoms with van der Waals surface area (Å²) in [5.74, 6) is -0.362. The van der Waals surface area contributed by atoms with Crippen LogP contribution in [0, 0.1) is 5.92 Å². The Kier molecular flexibility index (Phi) is 8.16. The van der Waals surface area contributed by atoms with Crippen molar-refractivity contribution in [2.45, 2.75) is 40.0 Å². The first kappa shape index (κ1) is 16.7. The number of carboxylic acid groups (broad SMARTS) is 1. The van der Waals surface area contributed by atoms with Crippen LogP contribution in [0.3, 0.4) is 0 Å².